The van der Waals surface area contributed by atoms with Crippen LogP contribution in [0.15, 0.2) is 0 Å². The van der Waals surface area contributed by atoms with Crippen LogP contribution in [0.2, 0.25) is 0 Å². The first-order valence-electron chi connectivity index (χ1n) is 6.46. The van der Waals surface area contributed by atoms with Gasteiger partial charge in [-0.3, -0.25) is 0 Å². The molecule has 2 rings (SSSR count). The average molecular weight is 251 g/mol. The van der Waals surface area contributed by atoms with E-state index in [-0.39, 0.29) is 6.42 Å². The second-order valence-corrected chi connectivity index (χ2v) is 5.35. The number of nitrogens with one attached hydrogen (secondary N) is 1. The molecule has 2 fully saturated rings. The van der Waals surface area contributed by atoms with Crippen LogP contribution in [0.1, 0.15) is 38.5 Å². The van der Waals surface area contributed by atoms with E-state index in [1.807, 2.05) is 0 Å². The van der Waals surface area contributed by atoms with Crippen LogP contribution in [-0.4, -0.2) is 30.0 Å². The first kappa shape index (κ1) is 13.1. The molecule has 2 nitrogen and oxygen atoms in total. The normalized spacial score (nSPS) is 32.5. The van der Waals surface area contributed by atoms with Gasteiger partial charge in [0.2, 0.25) is 0 Å². The molecule has 5 heteroatoms. The average Bonchev–Trinajstić information content (AvgIpc) is 3.08. The fraction of sp³-hybridized carbons (Fsp3) is 1.00. The lowest BCUT2D eigenvalue weighted by molar-refractivity contribution is -0.189. The lowest BCUT2D eigenvalue weighted by Gasteiger charge is -2.34. The molecule has 0 bridgehead atoms. The van der Waals surface area contributed by atoms with Crippen molar-refractivity contribution in [2.24, 2.45) is 11.8 Å². The van der Waals surface area contributed by atoms with Gasteiger partial charge in [-0.05, 0) is 31.6 Å². The Labute approximate surface area is 99.6 Å². The molecule has 0 heterocycles. The van der Waals surface area contributed by atoms with E-state index in [4.69, 9.17) is 0 Å². The van der Waals surface area contributed by atoms with Gasteiger partial charge in [-0.1, -0.05) is 12.8 Å². The summed E-state index contributed by atoms with van der Waals surface area (Å²) in [6, 6.07) is -0.503. The minimum Gasteiger partial charge on any atom is -0.392 e. The summed E-state index contributed by atoms with van der Waals surface area (Å²) in [6.07, 6.45) is -0.250. The first-order valence-corrected chi connectivity index (χ1v) is 6.46. The van der Waals surface area contributed by atoms with E-state index in [0.717, 1.165) is 19.3 Å². The van der Waals surface area contributed by atoms with E-state index in [1.54, 1.807) is 0 Å². The number of halogens is 3. The van der Waals surface area contributed by atoms with Crippen LogP contribution >= 0.6 is 0 Å². The Morgan fingerprint density at radius 1 is 1.12 bits per heavy atom. The van der Waals surface area contributed by atoms with Crippen LogP contribution in [0.3, 0.4) is 0 Å². The monoisotopic (exact) mass is 251 g/mol. The molecule has 3 atom stereocenters. The fourth-order valence-corrected chi connectivity index (χ4v) is 2.69. The molecule has 0 saturated heterocycles. The van der Waals surface area contributed by atoms with Crippen molar-refractivity contribution in [1.29, 1.82) is 0 Å². The molecule has 3 unspecified atom stereocenters. The zero-order valence-corrected chi connectivity index (χ0v) is 9.84. The molecule has 0 amide bonds. The molecule has 2 aliphatic carbocycles. The zero-order chi connectivity index (χ0) is 12.5. The number of rotatable bonds is 4. The number of hydrogen-bond acceptors (Lipinski definition) is 2. The van der Waals surface area contributed by atoms with Crippen molar-refractivity contribution in [3.05, 3.63) is 0 Å². The van der Waals surface area contributed by atoms with Gasteiger partial charge in [-0.25, -0.2) is 0 Å². The molecular weight excluding hydrogens is 231 g/mol. The summed E-state index contributed by atoms with van der Waals surface area (Å²) in [7, 11) is 0. The Bertz CT molecular complexity index is 253. The van der Waals surface area contributed by atoms with Crippen molar-refractivity contribution in [2.75, 3.05) is 6.54 Å². The zero-order valence-electron chi connectivity index (χ0n) is 9.84. The van der Waals surface area contributed by atoms with Crippen LogP contribution in [0.25, 0.3) is 0 Å². The summed E-state index contributed by atoms with van der Waals surface area (Å²) >= 11 is 0. The highest BCUT2D eigenvalue weighted by Crippen LogP contribution is 2.38. The number of hydrogen-bond donors (Lipinski definition) is 2. The number of aliphatic hydroxyl groups is 1. The maximum atomic E-state index is 12.8. The van der Waals surface area contributed by atoms with Crippen molar-refractivity contribution < 1.29 is 18.3 Å². The first-order chi connectivity index (χ1) is 7.98. The van der Waals surface area contributed by atoms with Gasteiger partial charge in [0.25, 0.3) is 0 Å². The molecule has 0 radical (unpaired) electrons. The molecule has 2 aliphatic rings. The number of aliphatic hydroxyl groups excluding tert-OH is 1. The molecule has 100 valence electrons. The van der Waals surface area contributed by atoms with Crippen molar-refractivity contribution in [1.82, 2.24) is 5.32 Å². The predicted octanol–water partition coefficient (Wildman–Crippen LogP) is 2.47. The van der Waals surface area contributed by atoms with E-state index in [0.29, 0.717) is 25.3 Å². The molecule has 0 aromatic carbocycles. The summed E-state index contributed by atoms with van der Waals surface area (Å²) in [6.45, 7) is 0.307. The summed E-state index contributed by atoms with van der Waals surface area (Å²) in [5.41, 5.74) is 0. The van der Waals surface area contributed by atoms with Crippen molar-refractivity contribution >= 4 is 0 Å². The third-order valence-corrected chi connectivity index (χ3v) is 3.94. The topological polar surface area (TPSA) is 32.3 Å². The summed E-state index contributed by atoms with van der Waals surface area (Å²) in [5, 5.41) is 12.6. The molecular formula is C12H20F3NO. The Hall–Kier alpha value is -0.290. The van der Waals surface area contributed by atoms with Crippen LogP contribution in [0.4, 0.5) is 13.2 Å². The highest BCUT2D eigenvalue weighted by molar-refractivity contribution is 4.88. The minimum absolute atomic E-state index is 0.223. The van der Waals surface area contributed by atoms with Gasteiger partial charge in [0.05, 0.1) is 12.0 Å². The Balaban J connectivity index is 1.83. The van der Waals surface area contributed by atoms with Crippen LogP contribution in [0, 0.1) is 11.8 Å². The van der Waals surface area contributed by atoms with Crippen LogP contribution < -0.4 is 5.32 Å². The fourth-order valence-electron chi connectivity index (χ4n) is 2.69. The summed E-state index contributed by atoms with van der Waals surface area (Å²) < 4.78 is 38.4. The molecule has 0 aromatic heterocycles. The third-order valence-electron chi connectivity index (χ3n) is 3.94. The Morgan fingerprint density at radius 2 is 1.76 bits per heavy atom. The van der Waals surface area contributed by atoms with Gasteiger partial charge in [0.1, 0.15) is 0 Å². The highest BCUT2D eigenvalue weighted by Gasteiger charge is 2.45. The quantitative estimate of drug-likeness (QED) is 0.804. The van der Waals surface area contributed by atoms with Crippen LogP contribution in [0.5, 0.6) is 0 Å². The lowest BCUT2D eigenvalue weighted by atomic mass is 9.84. The molecule has 0 aliphatic heterocycles. The van der Waals surface area contributed by atoms with Gasteiger partial charge < -0.3 is 10.4 Å². The van der Waals surface area contributed by atoms with Crippen molar-refractivity contribution in [2.45, 2.75) is 56.8 Å². The van der Waals surface area contributed by atoms with Crippen LogP contribution in [-0.2, 0) is 0 Å². The largest absolute Gasteiger partial charge is 0.393 e. The maximum Gasteiger partial charge on any atom is 0.393 e. The van der Waals surface area contributed by atoms with E-state index in [1.165, 1.54) is 0 Å². The van der Waals surface area contributed by atoms with Crippen molar-refractivity contribution in [3.63, 3.8) is 0 Å². The number of alkyl halides is 3. The van der Waals surface area contributed by atoms with E-state index < -0.39 is 24.2 Å². The van der Waals surface area contributed by atoms with Gasteiger partial charge >= 0.3 is 6.18 Å². The predicted molar refractivity (Wildman–Crippen MR) is 58.5 cm³/mol. The van der Waals surface area contributed by atoms with E-state index in [2.05, 4.69) is 5.32 Å². The van der Waals surface area contributed by atoms with Gasteiger partial charge in [-0.15, -0.1) is 0 Å². The highest BCUT2D eigenvalue weighted by atomic mass is 19.4. The second-order valence-electron chi connectivity index (χ2n) is 5.35. The molecule has 17 heavy (non-hydrogen) atoms. The molecule has 2 saturated carbocycles. The Kier molecular flexibility index (Phi) is 3.98. The molecule has 0 aromatic rings. The smallest absolute Gasteiger partial charge is 0.392 e. The lowest BCUT2D eigenvalue weighted by Crippen LogP contribution is -2.47. The third kappa shape index (κ3) is 3.58. The minimum atomic E-state index is -4.11. The van der Waals surface area contributed by atoms with Gasteiger partial charge in [0, 0.05) is 12.6 Å². The van der Waals surface area contributed by atoms with E-state index in [9.17, 15) is 18.3 Å². The van der Waals surface area contributed by atoms with Gasteiger partial charge in [0.15, 0.2) is 0 Å². The standard InChI is InChI=1S/C12H20F3NO/c13-12(14,15)9-3-1-2-4-10(9)16-7-11(17)8-5-6-8/h8-11,16-17H,1-7H2. The Morgan fingerprint density at radius 3 is 2.35 bits per heavy atom. The van der Waals surface area contributed by atoms with E-state index >= 15 is 0 Å². The SMILES string of the molecule is OC(CNC1CCCCC1C(F)(F)F)C1CC1. The van der Waals surface area contributed by atoms with Gasteiger partial charge in [-0.2, -0.15) is 13.2 Å². The summed E-state index contributed by atoms with van der Waals surface area (Å²) in [5.74, 6) is -0.918. The van der Waals surface area contributed by atoms with Crippen molar-refractivity contribution in [3.8, 4) is 0 Å². The summed E-state index contributed by atoms with van der Waals surface area (Å²) in [4.78, 5) is 0. The molecule has 0 spiro atoms. The maximum absolute atomic E-state index is 12.8. The second kappa shape index (κ2) is 5.14. The molecule has 2 N–H and O–H groups in total.